The summed E-state index contributed by atoms with van der Waals surface area (Å²) in [7, 11) is -8.39. The molecule has 1 N–H and O–H groups in total. The lowest BCUT2D eigenvalue weighted by Gasteiger charge is -2.15. The molecule has 0 saturated carbocycles. The monoisotopic (exact) mass is 525 g/mol. The lowest BCUT2D eigenvalue weighted by Crippen LogP contribution is -2.17. The number of hydrogen-bond acceptors (Lipinski definition) is 6. The van der Waals surface area contributed by atoms with Crippen molar-refractivity contribution in [2.45, 2.75) is 22.3 Å². The van der Waals surface area contributed by atoms with Gasteiger partial charge in [-0.1, -0.05) is 12.1 Å². The third-order valence-corrected chi connectivity index (χ3v) is 6.66. The second kappa shape index (κ2) is 8.54. The second-order valence-corrected chi connectivity index (χ2v) is 10.6. The molecule has 0 saturated heterocycles. The van der Waals surface area contributed by atoms with Gasteiger partial charge in [0.1, 0.15) is 0 Å². The largest absolute Gasteiger partial charge is 0.416 e. The molecule has 7 nitrogen and oxygen atoms in total. The van der Waals surface area contributed by atoms with Crippen molar-refractivity contribution in [2.75, 3.05) is 11.0 Å². The Morgan fingerprint density at radius 2 is 1.26 bits per heavy atom. The lowest BCUT2D eigenvalue weighted by atomic mass is 10.1. The van der Waals surface area contributed by atoms with E-state index in [0.29, 0.717) is 5.56 Å². The van der Waals surface area contributed by atoms with Crippen LogP contribution in [0, 0.1) is 0 Å². The molecule has 0 bridgehead atoms. The second-order valence-electron chi connectivity index (χ2n) is 6.95. The van der Waals surface area contributed by atoms with Crippen LogP contribution in [0.3, 0.4) is 0 Å². The van der Waals surface area contributed by atoms with Crippen molar-refractivity contribution >= 4 is 25.5 Å². The predicted octanol–water partition coefficient (Wildman–Crippen LogP) is 4.39. The maximum atomic E-state index is 13.0. The average molecular weight is 525 g/mol. The van der Waals surface area contributed by atoms with E-state index in [2.05, 4.69) is 10.2 Å². The number of sulfonamides is 1. The summed E-state index contributed by atoms with van der Waals surface area (Å²) in [5.74, 6) is 0. The molecule has 0 fully saturated rings. The van der Waals surface area contributed by atoms with Gasteiger partial charge in [0.15, 0.2) is 14.9 Å². The molecular formula is C19H13F6N3O4S2. The molecule has 0 aliphatic heterocycles. The smallest absolute Gasteiger partial charge is 0.280 e. The van der Waals surface area contributed by atoms with Gasteiger partial charge in [-0.2, -0.15) is 26.3 Å². The summed E-state index contributed by atoms with van der Waals surface area (Å²) in [5, 5.41) is 7.06. The Hall–Kier alpha value is -3.20. The van der Waals surface area contributed by atoms with Crippen LogP contribution in [0.15, 0.2) is 64.5 Å². The van der Waals surface area contributed by atoms with Gasteiger partial charge in [-0.05, 0) is 42.5 Å². The van der Waals surface area contributed by atoms with Crippen LogP contribution < -0.4 is 4.72 Å². The normalized spacial score (nSPS) is 13.0. The van der Waals surface area contributed by atoms with Crippen LogP contribution in [0.1, 0.15) is 11.1 Å². The zero-order valence-corrected chi connectivity index (χ0v) is 18.4. The highest BCUT2D eigenvalue weighted by molar-refractivity contribution is 7.92. The van der Waals surface area contributed by atoms with Gasteiger partial charge < -0.3 is 0 Å². The Morgan fingerprint density at radius 3 is 1.68 bits per heavy atom. The van der Waals surface area contributed by atoms with Gasteiger partial charge in [0.25, 0.3) is 10.0 Å². The number of aromatic nitrogens is 2. The molecule has 0 radical (unpaired) electrons. The molecule has 0 aliphatic rings. The van der Waals surface area contributed by atoms with Crippen LogP contribution >= 0.6 is 0 Å². The van der Waals surface area contributed by atoms with Crippen molar-refractivity contribution in [2.24, 2.45) is 0 Å². The zero-order valence-electron chi connectivity index (χ0n) is 16.8. The molecule has 0 unspecified atom stereocenters. The number of benzene rings is 2. The van der Waals surface area contributed by atoms with Gasteiger partial charge in [0.05, 0.1) is 21.7 Å². The highest BCUT2D eigenvalue weighted by Crippen LogP contribution is 2.37. The fourth-order valence-electron chi connectivity index (χ4n) is 2.68. The minimum Gasteiger partial charge on any atom is -0.280 e. The van der Waals surface area contributed by atoms with Crippen LogP contribution in [-0.4, -0.2) is 33.3 Å². The maximum absolute atomic E-state index is 13.0. The number of rotatable bonds is 5. The van der Waals surface area contributed by atoms with Gasteiger partial charge in [-0.15, -0.1) is 10.2 Å². The van der Waals surface area contributed by atoms with Gasteiger partial charge in [-0.3, -0.25) is 4.72 Å². The Bertz CT molecular complexity index is 1390. The summed E-state index contributed by atoms with van der Waals surface area (Å²) < 4.78 is 128. The summed E-state index contributed by atoms with van der Waals surface area (Å²) in [5.41, 5.74) is -3.08. The fraction of sp³-hybridized carbons (Fsp3) is 0.158. The number of alkyl halides is 6. The SMILES string of the molecule is CS(=O)(=O)c1ccc(-c2ccc(NS(=O)(=O)c3cc(C(F)(F)F)cc(C(F)(F)F)c3)cc2)nn1. The third kappa shape index (κ3) is 5.83. The predicted molar refractivity (Wildman–Crippen MR) is 108 cm³/mol. The standard InChI is InChI=1S/C19H13F6N3O4S2/c1-33(29,30)17-7-6-16(26-27-17)11-2-4-14(5-3-11)28-34(31,32)15-9-12(18(20,21)22)8-13(10-15)19(23,24)25/h2-10,28H,1H3. The molecule has 2 aromatic carbocycles. The number of nitrogens with zero attached hydrogens (tertiary/aromatic N) is 2. The van der Waals surface area contributed by atoms with E-state index in [1.54, 1.807) is 0 Å². The average Bonchev–Trinajstić information content (AvgIpc) is 2.72. The van der Waals surface area contributed by atoms with E-state index in [1.807, 2.05) is 4.72 Å². The van der Waals surface area contributed by atoms with Gasteiger partial charge >= 0.3 is 12.4 Å². The molecule has 1 heterocycles. The highest BCUT2D eigenvalue weighted by atomic mass is 32.2. The topological polar surface area (TPSA) is 106 Å². The van der Waals surface area contributed by atoms with Crippen LogP contribution in [0.5, 0.6) is 0 Å². The molecule has 0 spiro atoms. The Kier molecular flexibility index (Phi) is 6.39. The van der Waals surface area contributed by atoms with Crippen LogP contribution in [0.4, 0.5) is 32.0 Å². The van der Waals surface area contributed by atoms with E-state index in [0.717, 1.165) is 6.26 Å². The van der Waals surface area contributed by atoms with Crippen molar-refractivity contribution in [1.82, 2.24) is 10.2 Å². The van der Waals surface area contributed by atoms with E-state index >= 15 is 0 Å². The summed E-state index contributed by atoms with van der Waals surface area (Å²) in [6, 6.07) is 7.66. The number of halogens is 6. The Morgan fingerprint density at radius 1 is 0.735 bits per heavy atom. The van der Waals surface area contributed by atoms with Gasteiger partial charge in [-0.25, -0.2) is 16.8 Å². The molecule has 3 aromatic rings. The van der Waals surface area contributed by atoms with Crippen molar-refractivity contribution in [3.05, 3.63) is 65.7 Å². The minimum atomic E-state index is -5.21. The summed E-state index contributed by atoms with van der Waals surface area (Å²) >= 11 is 0. The summed E-state index contributed by atoms with van der Waals surface area (Å²) in [6.45, 7) is 0. The van der Waals surface area contributed by atoms with Crippen molar-refractivity contribution < 1.29 is 43.2 Å². The van der Waals surface area contributed by atoms with Gasteiger partial charge in [0.2, 0.25) is 0 Å². The Labute approximate surface area is 189 Å². The van der Waals surface area contributed by atoms with Crippen molar-refractivity contribution in [3.63, 3.8) is 0 Å². The number of nitrogens with one attached hydrogen (secondary N) is 1. The van der Waals surface area contributed by atoms with Crippen LogP contribution in [0.2, 0.25) is 0 Å². The molecule has 34 heavy (non-hydrogen) atoms. The first kappa shape index (κ1) is 25.4. The Balaban J connectivity index is 1.91. The first-order valence-electron chi connectivity index (χ1n) is 8.93. The first-order chi connectivity index (χ1) is 15.5. The van der Waals surface area contributed by atoms with E-state index in [4.69, 9.17) is 0 Å². The first-order valence-corrected chi connectivity index (χ1v) is 12.3. The molecule has 0 amide bonds. The molecular weight excluding hydrogens is 512 g/mol. The van der Waals surface area contributed by atoms with Crippen molar-refractivity contribution in [1.29, 1.82) is 0 Å². The van der Waals surface area contributed by atoms with E-state index in [1.165, 1.54) is 36.4 Å². The maximum Gasteiger partial charge on any atom is 0.416 e. The number of hydrogen-bond donors (Lipinski definition) is 1. The lowest BCUT2D eigenvalue weighted by molar-refractivity contribution is -0.143. The quantitative estimate of drug-likeness (QED) is 0.496. The van der Waals surface area contributed by atoms with E-state index in [-0.39, 0.29) is 34.6 Å². The van der Waals surface area contributed by atoms with Crippen LogP contribution in [-0.2, 0) is 32.2 Å². The number of sulfone groups is 1. The van der Waals surface area contributed by atoms with E-state index < -0.39 is 48.2 Å². The minimum absolute atomic E-state index is 0.102. The van der Waals surface area contributed by atoms with E-state index in [9.17, 15) is 43.2 Å². The molecule has 15 heteroatoms. The molecule has 0 aliphatic carbocycles. The third-order valence-electron chi connectivity index (χ3n) is 4.32. The number of anilines is 1. The molecule has 3 rings (SSSR count). The summed E-state index contributed by atoms with van der Waals surface area (Å²) in [4.78, 5) is -1.22. The molecule has 1 aromatic heterocycles. The molecule has 182 valence electrons. The zero-order chi connectivity index (χ0) is 25.5. The summed E-state index contributed by atoms with van der Waals surface area (Å²) in [6.07, 6.45) is -9.47. The fourth-order valence-corrected chi connectivity index (χ4v) is 4.31. The van der Waals surface area contributed by atoms with Crippen LogP contribution in [0.25, 0.3) is 11.3 Å². The molecule has 0 atom stereocenters. The van der Waals surface area contributed by atoms with Crippen molar-refractivity contribution in [3.8, 4) is 11.3 Å². The van der Waals surface area contributed by atoms with Gasteiger partial charge in [0, 0.05) is 17.5 Å². The highest BCUT2D eigenvalue weighted by Gasteiger charge is 2.38.